The summed E-state index contributed by atoms with van der Waals surface area (Å²) in [5.41, 5.74) is 3.75. The zero-order chi connectivity index (χ0) is 28.3. The summed E-state index contributed by atoms with van der Waals surface area (Å²) in [7, 11) is 0. The van der Waals surface area contributed by atoms with Crippen molar-refractivity contribution in [3.8, 4) is 39.8 Å². The number of rotatable bonds is 3. The van der Waals surface area contributed by atoms with Gasteiger partial charge in [-0.05, 0) is 53.9 Å². The van der Waals surface area contributed by atoms with Crippen LogP contribution in [-0.4, -0.2) is 30.6 Å². The molecule has 0 amide bonds. The number of aromatic nitrogens is 6. The van der Waals surface area contributed by atoms with Crippen LogP contribution in [0.25, 0.3) is 33.8 Å². The molecule has 1 aromatic carbocycles. The minimum Gasteiger partial charge on any atom is -0.472 e. The van der Waals surface area contributed by atoms with Crippen LogP contribution in [0, 0.1) is 17.1 Å². The van der Waals surface area contributed by atoms with E-state index in [2.05, 4.69) is 30.6 Å². The van der Waals surface area contributed by atoms with Gasteiger partial charge < -0.3 is 4.42 Å². The van der Waals surface area contributed by atoms with Gasteiger partial charge in [0.2, 0.25) is 0 Å². The molecule has 13 heteroatoms. The Morgan fingerprint density at radius 2 is 1.30 bits per heavy atom. The molecule has 3 N–H and O–H groups in total. The lowest BCUT2D eigenvalue weighted by Gasteiger charge is -2.00. The summed E-state index contributed by atoms with van der Waals surface area (Å²) in [6.45, 7) is 0. The molecule has 0 atom stereocenters. The van der Waals surface area contributed by atoms with E-state index >= 15 is 0 Å². The number of hydrogen-bond donors (Lipinski definition) is 3. The van der Waals surface area contributed by atoms with Crippen molar-refractivity contribution in [3.05, 3.63) is 132 Å². The maximum atomic E-state index is 13.1. The van der Waals surface area contributed by atoms with Gasteiger partial charge in [-0.3, -0.25) is 14.4 Å². The highest BCUT2D eigenvalue weighted by Gasteiger charge is 2.04. The van der Waals surface area contributed by atoms with Gasteiger partial charge in [-0.2, -0.15) is 31.9 Å². The van der Waals surface area contributed by atoms with Gasteiger partial charge in [-0.25, -0.2) is 19.7 Å². The van der Waals surface area contributed by atoms with Crippen LogP contribution in [0.15, 0.2) is 109 Å². The Labute approximate surface area is 228 Å². The molecule has 11 nitrogen and oxygen atoms in total. The van der Waals surface area contributed by atoms with Crippen LogP contribution in [0.1, 0.15) is 5.56 Å². The van der Waals surface area contributed by atoms with E-state index in [0.717, 1.165) is 22.9 Å². The summed E-state index contributed by atoms with van der Waals surface area (Å²) in [5.74, 6) is -0.512. The molecule has 0 aliphatic rings. The summed E-state index contributed by atoms with van der Waals surface area (Å²) in [6, 6.07) is 18.5. The highest BCUT2D eigenvalue weighted by molar-refractivity contribution is 7.08. The Balaban J connectivity index is 0.000000141. The third kappa shape index (κ3) is 7.63. The fourth-order valence-electron chi connectivity index (χ4n) is 3.14. The predicted molar refractivity (Wildman–Crippen MR) is 146 cm³/mol. The maximum absolute atomic E-state index is 13.1. The summed E-state index contributed by atoms with van der Waals surface area (Å²) in [4.78, 5) is 32.1. The Kier molecular flexibility index (Phi) is 8.99. The lowest BCUT2D eigenvalue weighted by Crippen LogP contribution is -2.05. The van der Waals surface area contributed by atoms with Crippen molar-refractivity contribution in [2.24, 2.45) is 0 Å². The second-order valence-corrected chi connectivity index (χ2v) is 8.56. The van der Waals surface area contributed by atoms with Crippen molar-refractivity contribution in [3.63, 3.8) is 0 Å². The second-order valence-electron chi connectivity index (χ2n) is 7.78. The zero-order valence-corrected chi connectivity index (χ0v) is 21.2. The monoisotopic (exact) mass is 555 g/mol. The summed E-state index contributed by atoms with van der Waals surface area (Å²) in [5, 5.41) is 31.1. The molecule has 0 unspecified atom stereocenters. The van der Waals surface area contributed by atoms with Gasteiger partial charge in [0, 0.05) is 40.3 Å². The quantitative estimate of drug-likeness (QED) is 0.294. The molecule has 0 radical (unpaired) electrons. The van der Waals surface area contributed by atoms with Gasteiger partial charge in [0.25, 0.3) is 16.7 Å². The molecule has 0 fully saturated rings. The van der Waals surface area contributed by atoms with Gasteiger partial charge in [-0.1, -0.05) is 0 Å². The van der Waals surface area contributed by atoms with Gasteiger partial charge in [-0.15, -0.1) is 0 Å². The normalized spacial score (nSPS) is 9.90. The molecule has 5 heterocycles. The first-order valence-electron chi connectivity index (χ1n) is 11.3. The number of H-pyrrole nitrogens is 3. The molecule has 0 aliphatic carbocycles. The molecule has 6 aromatic rings. The van der Waals surface area contributed by atoms with Crippen molar-refractivity contribution in [2.75, 3.05) is 0 Å². The van der Waals surface area contributed by atoms with E-state index in [0.29, 0.717) is 17.0 Å². The van der Waals surface area contributed by atoms with Crippen molar-refractivity contribution < 1.29 is 8.81 Å². The van der Waals surface area contributed by atoms with Crippen LogP contribution < -0.4 is 16.7 Å². The number of furan rings is 1. The van der Waals surface area contributed by atoms with E-state index in [1.807, 2.05) is 22.9 Å². The number of nitrogens with zero attached hydrogens (tertiary/aromatic N) is 4. The van der Waals surface area contributed by atoms with E-state index in [9.17, 15) is 18.8 Å². The number of aromatic amines is 3. The number of hydrogen-bond acceptors (Lipinski definition) is 9. The van der Waals surface area contributed by atoms with E-state index in [-0.39, 0.29) is 22.2 Å². The first kappa shape index (κ1) is 27.3. The van der Waals surface area contributed by atoms with Crippen LogP contribution >= 0.6 is 11.3 Å². The average molecular weight is 556 g/mol. The molecule has 5 aromatic heterocycles. The lowest BCUT2D eigenvalue weighted by atomic mass is 10.1. The first-order valence-corrected chi connectivity index (χ1v) is 12.3. The second kappa shape index (κ2) is 13.2. The van der Waals surface area contributed by atoms with Crippen molar-refractivity contribution >= 4 is 11.3 Å². The SMILES string of the molecule is N#Cc1cc(F)cc(-c2ccc(=O)[nH]n2)c1.O=c1ccc(-c2ccoc2)n[nH]1.O=c1ccc(-c2ccsc2)n[nH]1. The fraction of sp³-hybridized carbons (Fsp3) is 0. The molecule has 40 heavy (non-hydrogen) atoms. The lowest BCUT2D eigenvalue weighted by molar-refractivity contribution is 0.568. The molecular weight excluding hydrogens is 537 g/mol. The fourth-order valence-corrected chi connectivity index (χ4v) is 3.79. The topological polar surface area (TPSA) is 174 Å². The minimum atomic E-state index is -0.512. The molecule has 0 saturated heterocycles. The maximum Gasteiger partial charge on any atom is 0.264 e. The Morgan fingerprint density at radius 1 is 0.725 bits per heavy atom. The van der Waals surface area contributed by atoms with E-state index in [1.54, 1.807) is 42.1 Å². The van der Waals surface area contributed by atoms with E-state index < -0.39 is 5.82 Å². The molecular formula is C27H18FN7O4S. The third-order valence-electron chi connectivity index (χ3n) is 4.99. The highest BCUT2D eigenvalue weighted by Crippen LogP contribution is 2.19. The smallest absolute Gasteiger partial charge is 0.264 e. The van der Waals surface area contributed by atoms with E-state index in [1.165, 1.54) is 36.4 Å². The Bertz CT molecular complexity index is 1760. The van der Waals surface area contributed by atoms with Crippen LogP contribution in [0.4, 0.5) is 4.39 Å². The Morgan fingerprint density at radius 3 is 1.75 bits per heavy atom. The minimum absolute atomic E-state index is 0.172. The van der Waals surface area contributed by atoms with Crippen LogP contribution in [0.3, 0.4) is 0 Å². The molecule has 0 bridgehead atoms. The van der Waals surface area contributed by atoms with Crippen LogP contribution in [0.5, 0.6) is 0 Å². The van der Waals surface area contributed by atoms with Gasteiger partial charge in [0.1, 0.15) is 5.82 Å². The Hall–Kier alpha value is -5.74. The van der Waals surface area contributed by atoms with Crippen LogP contribution in [0.2, 0.25) is 0 Å². The number of benzene rings is 1. The number of nitrogens with one attached hydrogen (secondary N) is 3. The van der Waals surface area contributed by atoms with Crippen molar-refractivity contribution in [1.82, 2.24) is 30.6 Å². The average Bonchev–Trinajstić information content (AvgIpc) is 3.70. The zero-order valence-electron chi connectivity index (χ0n) is 20.4. The third-order valence-corrected chi connectivity index (χ3v) is 5.68. The van der Waals surface area contributed by atoms with Crippen LogP contribution in [-0.2, 0) is 0 Å². The standard InChI is InChI=1S/C11H6FN3O.C8H6N2O2.C8H6N2OS/c12-9-4-7(6-13)3-8(5-9)10-1-2-11(16)15-14-10;2*11-8-2-1-7(9-10-8)6-3-4-12-5-6/h1-5H,(H,15,16);2*1-5H,(H,10,11). The first-order chi connectivity index (χ1) is 19.4. The summed E-state index contributed by atoms with van der Waals surface area (Å²) in [6.07, 6.45) is 3.13. The molecule has 0 spiro atoms. The predicted octanol–water partition coefficient (Wildman–Crippen LogP) is 3.98. The number of nitriles is 1. The molecule has 0 aliphatic heterocycles. The summed E-state index contributed by atoms with van der Waals surface area (Å²) < 4.78 is 18.0. The number of halogens is 1. The van der Waals surface area contributed by atoms with E-state index in [4.69, 9.17) is 9.68 Å². The summed E-state index contributed by atoms with van der Waals surface area (Å²) >= 11 is 1.61. The molecule has 0 saturated carbocycles. The number of thiophene rings is 1. The molecule has 198 valence electrons. The molecule has 6 rings (SSSR count). The van der Waals surface area contributed by atoms with Gasteiger partial charge in [0.15, 0.2) is 0 Å². The highest BCUT2D eigenvalue weighted by atomic mass is 32.1. The van der Waals surface area contributed by atoms with Gasteiger partial charge in [0.05, 0.1) is 41.2 Å². The van der Waals surface area contributed by atoms with Gasteiger partial charge >= 0.3 is 0 Å². The van der Waals surface area contributed by atoms with Crippen molar-refractivity contribution in [1.29, 1.82) is 5.26 Å². The largest absolute Gasteiger partial charge is 0.472 e. The van der Waals surface area contributed by atoms with Crippen molar-refractivity contribution in [2.45, 2.75) is 0 Å².